The maximum Gasteiger partial charge on any atom is 0.0838 e. The molecule has 1 aliphatic heterocycles. The minimum absolute atomic E-state index is 0.274. The second kappa shape index (κ2) is 5.31. The lowest BCUT2D eigenvalue weighted by Gasteiger charge is -2.23. The van der Waals surface area contributed by atoms with E-state index in [4.69, 9.17) is 0 Å². The number of rotatable bonds is 2. The van der Waals surface area contributed by atoms with Crippen LogP contribution in [0.3, 0.4) is 0 Å². The van der Waals surface area contributed by atoms with Gasteiger partial charge in [-0.1, -0.05) is 43.9 Å². The molecule has 1 saturated carbocycles. The lowest BCUT2D eigenvalue weighted by Crippen LogP contribution is -2.13. The van der Waals surface area contributed by atoms with Crippen molar-refractivity contribution in [3.05, 3.63) is 29.3 Å². The molecule has 2 nitrogen and oxygen atoms in total. The van der Waals surface area contributed by atoms with Crippen LogP contribution in [0.15, 0.2) is 18.2 Å². The normalized spacial score (nSPS) is 22.1. The van der Waals surface area contributed by atoms with Crippen LogP contribution >= 0.6 is 0 Å². The highest BCUT2D eigenvalue weighted by molar-refractivity contribution is 5.61. The highest BCUT2D eigenvalue weighted by Crippen LogP contribution is 2.38. The van der Waals surface area contributed by atoms with Gasteiger partial charge in [0.15, 0.2) is 0 Å². The van der Waals surface area contributed by atoms with E-state index in [0.717, 1.165) is 18.5 Å². The summed E-state index contributed by atoms with van der Waals surface area (Å²) < 4.78 is 0. The van der Waals surface area contributed by atoms with Gasteiger partial charge >= 0.3 is 0 Å². The van der Waals surface area contributed by atoms with Gasteiger partial charge in [0.2, 0.25) is 0 Å². The Morgan fingerprint density at radius 1 is 1.11 bits per heavy atom. The number of fused-ring (bicyclic) bond motifs is 1. The number of aliphatic hydroxyl groups excluding tert-OH is 1. The van der Waals surface area contributed by atoms with E-state index in [1.807, 2.05) is 0 Å². The standard InChI is InChI=1S/C16H23NO/c18-16(13-6-3-1-2-4-7-13)14-9-5-8-12-10-11-17-15(12)14/h5,8-9,13,16-18H,1-4,6-7,10-11H2. The van der Waals surface area contributed by atoms with E-state index in [1.165, 1.54) is 49.8 Å². The van der Waals surface area contributed by atoms with Crippen molar-refractivity contribution >= 4 is 5.69 Å². The summed E-state index contributed by atoms with van der Waals surface area (Å²) in [6.45, 7) is 1.02. The summed E-state index contributed by atoms with van der Waals surface area (Å²) >= 11 is 0. The van der Waals surface area contributed by atoms with Crippen LogP contribution in [0.25, 0.3) is 0 Å². The summed E-state index contributed by atoms with van der Waals surface area (Å²) in [4.78, 5) is 0. The Morgan fingerprint density at radius 2 is 1.89 bits per heavy atom. The molecule has 2 aliphatic rings. The zero-order valence-corrected chi connectivity index (χ0v) is 11.0. The van der Waals surface area contributed by atoms with Crippen LogP contribution in [0.1, 0.15) is 55.8 Å². The van der Waals surface area contributed by atoms with Crippen molar-refractivity contribution < 1.29 is 5.11 Å². The smallest absolute Gasteiger partial charge is 0.0838 e. The van der Waals surface area contributed by atoms with Gasteiger partial charge in [-0.25, -0.2) is 0 Å². The molecule has 1 fully saturated rings. The first kappa shape index (κ1) is 12.0. The van der Waals surface area contributed by atoms with Crippen LogP contribution in [-0.4, -0.2) is 11.7 Å². The number of benzene rings is 1. The van der Waals surface area contributed by atoms with E-state index in [9.17, 15) is 5.11 Å². The van der Waals surface area contributed by atoms with Crippen molar-refractivity contribution in [3.8, 4) is 0 Å². The first-order valence-electron chi connectivity index (χ1n) is 7.40. The summed E-state index contributed by atoms with van der Waals surface area (Å²) in [6, 6.07) is 6.38. The second-order valence-corrected chi connectivity index (χ2v) is 5.75. The van der Waals surface area contributed by atoms with Gasteiger partial charge in [0, 0.05) is 17.8 Å². The van der Waals surface area contributed by atoms with Gasteiger partial charge in [-0.2, -0.15) is 0 Å². The fourth-order valence-corrected chi connectivity index (χ4v) is 3.49. The number of hydrogen-bond acceptors (Lipinski definition) is 2. The molecule has 1 unspecified atom stereocenters. The molecule has 0 amide bonds. The summed E-state index contributed by atoms with van der Waals surface area (Å²) in [5.41, 5.74) is 3.73. The molecule has 2 N–H and O–H groups in total. The fourth-order valence-electron chi connectivity index (χ4n) is 3.49. The van der Waals surface area contributed by atoms with E-state index in [1.54, 1.807) is 0 Å². The van der Waals surface area contributed by atoms with Crippen molar-refractivity contribution in [2.75, 3.05) is 11.9 Å². The number of anilines is 1. The monoisotopic (exact) mass is 245 g/mol. The van der Waals surface area contributed by atoms with Crippen molar-refractivity contribution in [2.45, 2.75) is 51.0 Å². The lowest BCUT2D eigenvalue weighted by atomic mass is 9.88. The van der Waals surface area contributed by atoms with Crippen LogP contribution in [0, 0.1) is 5.92 Å². The second-order valence-electron chi connectivity index (χ2n) is 5.75. The van der Waals surface area contributed by atoms with Gasteiger partial charge in [-0.3, -0.25) is 0 Å². The van der Waals surface area contributed by atoms with E-state index in [2.05, 4.69) is 23.5 Å². The molecule has 1 atom stereocenters. The molecule has 1 heterocycles. The molecular formula is C16H23NO. The largest absolute Gasteiger partial charge is 0.388 e. The minimum atomic E-state index is -0.274. The quantitative estimate of drug-likeness (QED) is 0.779. The number of hydrogen-bond donors (Lipinski definition) is 2. The average Bonchev–Trinajstić information content (AvgIpc) is 2.71. The molecular weight excluding hydrogens is 222 g/mol. The highest BCUT2D eigenvalue weighted by Gasteiger charge is 2.26. The van der Waals surface area contributed by atoms with Gasteiger partial charge in [0.25, 0.3) is 0 Å². The summed E-state index contributed by atoms with van der Waals surface area (Å²) in [6.07, 6.45) is 8.44. The minimum Gasteiger partial charge on any atom is -0.388 e. The molecule has 0 spiro atoms. The first-order valence-corrected chi connectivity index (χ1v) is 7.40. The van der Waals surface area contributed by atoms with Crippen molar-refractivity contribution in [3.63, 3.8) is 0 Å². The molecule has 1 aromatic rings. The van der Waals surface area contributed by atoms with Crippen LogP contribution in [-0.2, 0) is 6.42 Å². The Balaban J connectivity index is 1.83. The Hall–Kier alpha value is -1.02. The van der Waals surface area contributed by atoms with Crippen molar-refractivity contribution in [1.29, 1.82) is 0 Å². The maximum absolute atomic E-state index is 10.7. The summed E-state index contributed by atoms with van der Waals surface area (Å²) in [5.74, 6) is 0.460. The van der Waals surface area contributed by atoms with Gasteiger partial charge in [-0.05, 0) is 30.7 Å². The van der Waals surface area contributed by atoms with Gasteiger partial charge in [0.1, 0.15) is 0 Å². The Kier molecular flexibility index (Phi) is 3.55. The third-order valence-corrected chi connectivity index (χ3v) is 4.54. The Morgan fingerprint density at radius 3 is 2.67 bits per heavy atom. The molecule has 0 aromatic heterocycles. The fraction of sp³-hybridized carbons (Fsp3) is 0.625. The molecule has 98 valence electrons. The van der Waals surface area contributed by atoms with Crippen LogP contribution < -0.4 is 5.32 Å². The molecule has 1 aliphatic carbocycles. The SMILES string of the molecule is OC(c1cccc2c1NCC2)C1CCCCCC1. The number of aliphatic hydroxyl groups is 1. The van der Waals surface area contributed by atoms with Gasteiger partial charge < -0.3 is 10.4 Å². The predicted octanol–water partition coefficient (Wildman–Crippen LogP) is 3.66. The number of para-hydroxylation sites is 1. The Bertz CT molecular complexity index is 408. The molecule has 0 radical (unpaired) electrons. The average molecular weight is 245 g/mol. The first-order chi connectivity index (χ1) is 8.86. The lowest BCUT2D eigenvalue weighted by molar-refractivity contribution is 0.0994. The third kappa shape index (κ3) is 2.26. The highest BCUT2D eigenvalue weighted by atomic mass is 16.3. The van der Waals surface area contributed by atoms with Crippen LogP contribution in [0.2, 0.25) is 0 Å². The van der Waals surface area contributed by atoms with E-state index >= 15 is 0 Å². The summed E-state index contributed by atoms with van der Waals surface area (Å²) in [7, 11) is 0. The topological polar surface area (TPSA) is 32.3 Å². The molecule has 0 saturated heterocycles. The van der Waals surface area contributed by atoms with Crippen molar-refractivity contribution in [2.24, 2.45) is 5.92 Å². The summed E-state index contributed by atoms with van der Waals surface area (Å²) in [5, 5.41) is 14.1. The molecule has 2 heteroatoms. The van der Waals surface area contributed by atoms with E-state index in [0.29, 0.717) is 5.92 Å². The molecule has 18 heavy (non-hydrogen) atoms. The third-order valence-electron chi connectivity index (χ3n) is 4.54. The maximum atomic E-state index is 10.7. The van der Waals surface area contributed by atoms with Gasteiger partial charge in [-0.15, -0.1) is 0 Å². The van der Waals surface area contributed by atoms with E-state index < -0.39 is 0 Å². The Labute approximate surface area is 109 Å². The zero-order valence-electron chi connectivity index (χ0n) is 11.0. The molecule has 1 aromatic carbocycles. The van der Waals surface area contributed by atoms with Crippen LogP contribution in [0.5, 0.6) is 0 Å². The van der Waals surface area contributed by atoms with E-state index in [-0.39, 0.29) is 6.10 Å². The van der Waals surface area contributed by atoms with Crippen molar-refractivity contribution in [1.82, 2.24) is 0 Å². The van der Waals surface area contributed by atoms with Crippen LogP contribution in [0.4, 0.5) is 5.69 Å². The van der Waals surface area contributed by atoms with Gasteiger partial charge in [0.05, 0.1) is 6.10 Å². The molecule has 0 bridgehead atoms. The molecule has 3 rings (SSSR count). The number of nitrogens with one attached hydrogen (secondary N) is 1. The predicted molar refractivity (Wildman–Crippen MR) is 74.8 cm³/mol. The zero-order chi connectivity index (χ0) is 12.4.